The van der Waals surface area contributed by atoms with Crippen molar-refractivity contribution in [2.45, 2.75) is 26.3 Å². The quantitative estimate of drug-likeness (QED) is 0.711. The first-order valence-electron chi connectivity index (χ1n) is 5.46. The summed E-state index contributed by atoms with van der Waals surface area (Å²) in [6.07, 6.45) is 6.50. The lowest BCUT2D eigenvalue weighted by molar-refractivity contribution is 0.176. The summed E-state index contributed by atoms with van der Waals surface area (Å²) in [7, 11) is 0. The lowest BCUT2D eigenvalue weighted by Gasteiger charge is -2.30. The molecule has 1 aromatic heterocycles. The standard InChI is InChI=1S/C12H18N2/c1-11-3-2-8-14(9-11)10-12-4-6-13-7-5-12/h4-7,11H,2-3,8-10H2,1H3. The van der Waals surface area contributed by atoms with Crippen LogP contribution in [0.1, 0.15) is 25.3 Å². The number of piperidine rings is 1. The number of rotatable bonds is 2. The van der Waals surface area contributed by atoms with E-state index in [4.69, 9.17) is 0 Å². The summed E-state index contributed by atoms with van der Waals surface area (Å²) in [5, 5.41) is 0. The molecule has 0 aromatic carbocycles. The van der Waals surface area contributed by atoms with Crippen LogP contribution in [-0.4, -0.2) is 23.0 Å². The van der Waals surface area contributed by atoms with Crippen LogP contribution < -0.4 is 0 Å². The monoisotopic (exact) mass is 190 g/mol. The van der Waals surface area contributed by atoms with E-state index in [1.54, 1.807) is 0 Å². The Morgan fingerprint density at radius 1 is 1.43 bits per heavy atom. The summed E-state index contributed by atoms with van der Waals surface area (Å²) in [5.74, 6) is 0.866. The third kappa shape index (κ3) is 2.55. The molecule has 0 amide bonds. The molecule has 0 aliphatic carbocycles. The molecule has 1 aromatic rings. The molecule has 2 rings (SSSR count). The Balaban J connectivity index is 1.91. The molecule has 0 radical (unpaired) electrons. The van der Waals surface area contributed by atoms with E-state index in [2.05, 4.69) is 28.9 Å². The normalized spacial score (nSPS) is 23.6. The highest BCUT2D eigenvalue weighted by molar-refractivity contribution is 5.09. The second kappa shape index (κ2) is 4.56. The third-order valence-electron chi connectivity index (χ3n) is 2.90. The highest BCUT2D eigenvalue weighted by Crippen LogP contribution is 2.17. The summed E-state index contributed by atoms with van der Waals surface area (Å²) in [4.78, 5) is 6.58. The number of hydrogen-bond acceptors (Lipinski definition) is 2. The molecule has 2 heteroatoms. The van der Waals surface area contributed by atoms with Gasteiger partial charge in [-0.2, -0.15) is 0 Å². The van der Waals surface area contributed by atoms with Gasteiger partial charge in [0.05, 0.1) is 0 Å². The lowest BCUT2D eigenvalue weighted by Crippen LogP contribution is -2.33. The molecular weight excluding hydrogens is 172 g/mol. The van der Waals surface area contributed by atoms with Gasteiger partial charge in [-0.3, -0.25) is 9.88 Å². The van der Waals surface area contributed by atoms with Crippen molar-refractivity contribution in [3.05, 3.63) is 30.1 Å². The molecule has 14 heavy (non-hydrogen) atoms. The zero-order chi connectivity index (χ0) is 9.80. The number of pyridine rings is 1. The van der Waals surface area contributed by atoms with Crippen LogP contribution >= 0.6 is 0 Å². The maximum absolute atomic E-state index is 4.03. The van der Waals surface area contributed by atoms with Crippen LogP contribution in [0.15, 0.2) is 24.5 Å². The molecule has 0 spiro atoms. The zero-order valence-electron chi connectivity index (χ0n) is 8.82. The van der Waals surface area contributed by atoms with Gasteiger partial charge in [0.25, 0.3) is 0 Å². The summed E-state index contributed by atoms with van der Waals surface area (Å²) in [6, 6.07) is 4.22. The van der Waals surface area contributed by atoms with Crippen LogP contribution in [0.25, 0.3) is 0 Å². The van der Waals surface area contributed by atoms with Crippen molar-refractivity contribution in [1.29, 1.82) is 0 Å². The Kier molecular flexibility index (Phi) is 3.14. The Morgan fingerprint density at radius 3 is 2.93 bits per heavy atom. The minimum atomic E-state index is 0.866. The SMILES string of the molecule is CC1CCCN(Cc2ccncc2)C1. The van der Waals surface area contributed by atoms with Gasteiger partial charge in [-0.25, -0.2) is 0 Å². The first kappa shape index (κ1) is 9.66. The van der Waals surface area contributed by atoms with Crippen LogP contribution in [0.5, 0.6) is 0 Å². The van der Waals surface area contributed by atoms with E-state index in [9.17, 15) is 0 Å². The topological polar surface area (TPSA) is 16.1 Å². The van der Waals surface area contributed by atoms with Gasteiger partial charge in [0.15, 0.2) is 0 Å². The minimum Gasteiger partial charge on any atom is -0.299 e. The van der Waals surface area contributed by atoms with Crippen molar-refractivity contribution in [3.63, 3.8) is 0 Å². The van der Waals surface area contributed by atoms with Crippen molar-refractivity contribution in [1.82, 2.24) is 9.88 Å². The van der Waals surface area contributed by atoms with Crippen LogP contribution in [0.3, 0.4) is 0 Å². The largest absolute Gasteiger partial charge is 0.299 e. The highest BCUT2D eigenvalue weighted by Gasteiger charge is 2.15. The Labute approximate surface area is 86.0 Å². The molecule has 1 aliphatic rings. The van der Waals surface area contributed by atoms with Gasteiger partial charge in [-0.15, -0.1) is 0 Å². The van der Waals surface area contributed by atoms with E-state index in [1.165, 1.54) is 31.5 Å². The van der Waals surface area contributed by atoms with Crippen molar-refractivity contribution in [2.24, 2.45) is 5.92 Å². The fraction of sp³-hybridized carbons (Fsp3) is 0.583. The molecule has 2 heterocycles. The van der Waals surface area contributed by atoms with Gasteiger partial charge in [0.2, 0.25) is 0 Å². The molecular formula is C12H18N2. The van der Waals surface area contributed by atoms with E-state index >= 15 is 0 Å². The van der Waals surface area contributed by atoms with Crippen LogP contribution in [0.4, 0.5) is 0 Å². The zero-order valence-corrected chi connectivity index (χ0v) is 8.82. The first-order valence-corrected chi connectivity index (χ1v) is 5.46. The van der Waals surface area contributed by atoms with Gasteiger partial charge < -0.3 is 0 Å². The molecule has 76 valence electrons. The number of likely N-dealkylation sites (tertiary alicyclic amines) is 1. The third-order valence-corrected chi connectivity index (χ3v) is 2.90. The average molecular weight is 190 g/mol. The smallest absolute Gasteiger partial charge is 0.0271 e. The molecule has 1 aliphatic heterocycles. The molecule has 0 bridgehead atoms. The van der Waals surface area contributed by atoms with Crippen molar-refractivity contribution >= 4 is 0 Å². The van der Waals surface area contributed by atoms with Gasteiger partial charge >= 0.3 is 0 Å². The maximum atomic E-state index is 4.03. The summed E-state index contributed by atoms with van der Waals surface area (Å²) in [6.45, 7) is 5.94. The highest BCUT2D eigenvalue weighted by atomic mass is 15.1. The molecule has 1 fully saturated rings. The minimum absolute atomic E-state index is 0.866. The van der Waals surface area contributed by atoms with E-state index < -0.39 is 0 Å². The fourth-order valence-electron chi connectivity index (χ4n) is 2.18. The predicted octanol–water partition coefficient (Wildman–Crippen LogP) is 2.31. The number of nitrogens with zero attached hydrogens (tertiary/aromatic N) is 2. The molecule has 1 atom stereocenters. The van der Waals surface area contributed by atoms with Gasteiger partial charge in [0.1, 0.15) is 0 Å². The van der Waals surface area contributed by atoms with Crippen LogP contribution in [0, 0.1) is 5.92 Å². The fourth-order valence-corrected chi connectivity index (χ4v) is 2.18. The van der Waals surface area contributed by atoms with E-state index in [1.807, 2.05) is 12.4 Å². The summed E-state index contributed by atoms with van der Waals surface area (Å²) < 4.78 is 0. The Morgan fingerprint density at radius 2 is 2.21 bits per heavy atom. The molecule has 2 nitrogen and oxygen atoms in total. The van der Waals surface area contributed by atoms with E-state index in [0.29, 0.717) is 0 Å². The predicted molar refractivity (Wildman–Crippen MR) is 57.9 cm³/mol. The first-order chi connectivity index (χ1) is 6.84. The maximum Gasteiger partial charge on any atom is 0.0271 e. The Bertz CT molecular complexity index is 271. The van der Waals surface area contributed by atoms with Crippen LogP contribution in [0.2, 0.25) is 0 Å². The van der Waals surface area contributed by atoms with Gasteiger partial charge in [-0.1, -0.05) is 6.92 Å². The van der Waals surface area contributed by atoms with Crippen molar-refractivity contribution < 1.29 is 0 Å². The van der Waals surface area contributed by atoms with Crippen molar-refractivity contribution in [3.8, 4) is 0 Å². The molecule has 1 unspecified atom stereocenters. The molecule has 0 N–H and O–H groups in total. The molecule has 0 saturated carbocycles. The summed E-state index contributed by atoms with van der Waals surface area (Å²) in [5.41, 5.74) is 1.38. The van der Waals surface area contributed by atoms with E-state index in [-0.39, 0.29) is 0 Å². The Hall–Kier alpha value is -0.890. The van der Waals surface area contributed by atoms with E-state index in [0.717, 1.165) is 12.5 Å². The molecule has 1 saturated heterocycles. The summed E-state index contributed by atoms with van der Waals surface area (Å²) >= 11 is 0. The van der Waals surface area contributed by atoms with Gasteiger partial charge in [0, 0.05) is 25.5 Å². The number of hydrogen-bond donors (Lipinski definition) is 0. The second-order valence-electron chi connectivity index (χ2n) is 4.34. The average Bonchev–Trinajstić information content (AvgIpc) is 2.19. The van der Waals surface area contributed by atoms with Crippen molar-refractivity contribution in [2.75, 3.05) is 13.1 Å². The lowest BCUT2D eigenvalue weighted by atomic mass is 10.00. The van der Waals surface area contributed by atoms with Crippen LogP contribution in [-0.2, 0) is 6.54 Å². The van der Waals surface area contributed by atoms with Gasteiger partial charge in [-0.05, 0) is 43.0 Å². The number of aromatic nitrogens is 1. The second-order valence-corrected chi connectivity index (χ2v) is 4.34.